The second-order valence-corrected chi connectivity index (χ2v) is 11.3. The summed E-state index contributed by atoms with van der Waals surface area (Å²) in [4.78, 5) is 4.49. The van der Waals surface area contributed by atoms with Gasteiger partial charge in [0.05, 0.1) is 34.2 Å². The molecule has 0 unspecified atom stereocenters. The lowest BCUT2D eigenvalue weighted by Gasteiger charge is -2.35. The molecule has 1 saturated heterocycles. The van der Waals surface area contributed by atoms with Gasteiger partial charge >= 0.3 is 0 Å². The van der Waals surface area contributed by atoms with Gasteiger partial charge in [-0.2, -0.15) is 4.31 Å². The van der Waals surface area contributed by atoms with Gasteiger partial charge in [-0.25, -0.2) is 8.42 Å². The van der Waals surface area contributed by atoms with Crippen molar-refractivity contribution in [2.45, 2.75) is 26.4 Å². The van der Waals surface area contributed by atoms with Gasteiger partial charge in [-0.15, -0.1) is 10.2 Å². The van der Waals surface area contributed by atoms with Crippen LogP contribution in [0.25, 0.3) is 22.4 Å². The fraction of sp³-hybridized carbons (Fsp3) is 0.292. The second kappa shape index (κ2) is 9.10. The molecule has 4 aromatic rings. The number of halogens is 1. The lowest BCUT2D eigenvalue weighted by atomic mass is 10.2. The Morgan fingerprint density at radius 1 is 1.20 bits per heavy atom. The number of aryl methyl sites for hydroxylation is 1. The molecule has 182 valence electrons. The first-order chi connectivity index (χ1) is 16.8. The first-order valence-corrected chi connectivity index (χ1v) is 13.3. The van der Waals surface area contributed by atoms with Gasteiger partial charge in [0.25, 0.3) is 0 Å². The van der Waals surface area contributed by atoms with Crippen molar-refractivity contribution in [1.29, 1.82) is 0 Å². The second-order valence-electron chi connectivity index (χ2n) is 8.58. The monoisotopic (exact) mass is 511 g/mol. The van der Waals surface area contributed by atoms with Crippen molar-refractivity contribution in [2.75, 3.05) is 18.8 Å². The molecule has 35 heavy (non-hydrogen) atoms. The fourth-order valence-corrected chi connectivity index (χ4v) is 5.70. The summed E-state index contributed by atoms with van der Waals surface area (Å²) in [5.41, 5.74) is 11.7. The van der Waals surface area contributed by atoms with Gasteiger partial charge < -0.3 is 10.3 Å². The number of fused-ring (bicyclic) bond motifs is 3. The summed E-state index contributed by atoms with van der Waals surface area (Å²) in [5, 5.41) is 9.12. The van der Waals surface area contributed by atoms with Crippen LogP contribution in [-0.4, -0.2) is 63.0 Å². The van der Waals surface area contributed by atoms with E-state index in [1.165, 1.54) is 4.31 Å². The molecule has 0 bridgehead atoms. The molecule has 5 rings (SSSR count). The van der Waals surface area contributed by atoms with Gasteiger partial charge in [0.15, 0.2) is 5.65 Å². The number of allylic oxidation sites excluding steroid dienone is 1. The van der Waals surface area contributed by atoms with Crippen LogP contribution in [0.2, 0.25) is 5.02 Å². The van der Waals surface area contributed by atoms with Crippen molar-refractivity contribution >= 4 is 50.2 Å². The van der Waals surface area contributed by atoms with Crippen LogP contribution in [0.15, 0.2) is 53.5 Å². The molecular weight excluding hydrogens is 486 g/mol. The minimum absolute atomic E-state index is 0.0583. The van der Waals surface area contributed by atoms with Gasteiger partial charge in [0.2, 0.25) is 10.0 Å². The smallest absolute Gasteiger partial charge is 0.213 e. The lowest BCUT2D eigenvalue weighted by Crippen LogP contribution is -2.53. The highest BCUT2D eigenvalue weighted by Crippen LogP contribution is 2.27. The number of hydrogen-bond donors (Lipinski definition) is 1. The zero-order chi connectivity index (χ0) is 24.7. The summed E-state index contributed by atoms with van der Waals surface area (Å²) in [6.45, 7) is 4.94. The zero-order valence-corrected chi connectivity index (χ0v) is 21.0. The quantitative estimate of drug-likeness (QED) is 0.383. The average molecular weight is 512 g/mol. The molecule has 3 aromatic heterocycles. The van der Waals surface area contributed by atoms with E-state index in [9.17, 15) is 8.42 Å². The molecule has 4 heterocycles. The minimum atomic E-state index is -3.15. The third-order valence-corrected chi connectivity index (χ3v) is 8.31. The van der Waals surface area contributed by atoms with Gasteiger partial charge in [-0.3, -0.25) is 9.39 Å². The van der Waals surface area contributed by atoms with Crippen LogP contribution >= 0.6 is 11.6 Å². The van der Waals surface area contributed by atoms with E-state index in [0.717, 1.165) is 33.8 Å². The number of nitrogens with two attached hydrogens (primary N) is 1. The Hall–Kier alpha value is -3.21. The largest absolute Gasteiger partial charge is 0.397 e. The Bertz CT molecular complexity index is 1580. The predicted molar refractivity (Wildman–Crippen MR) is 139 cm³/mol. The minimum Gasteiger partial charge on any atom is -0.397 e. The number of aliphatic imine (C=N–C) groups is 1. The summed E-state index contributed by atoms with van der Waals surface area (Å²) < 4.78 is 29.4. The standard InChI is InChI=1S/C24H26ClN7O2S/c1-3-35(33,34)30-14-19(15-30)27-10-9-20(26)22-12-23-21(7-8-24-29-28-16(2)32(23)24)31(22)13-17-5-4-6-18(25)11-17/h4-12,19H,3,13-15,26H2,1-2H3. The summed E-state index contributed by atoms with van der Waals surface area (Å²) in [7, 11) is -3.15. The van der Waals surface area contributed by atoms with Crippen molar-refractivity contribution in [3.63, 3.8) is 0 Å². The molecule has 0 aliphatic carbocycles. The maximum Gasteiger partial charge on any atom is 0.213 e. The van der Waals surface area contributed by atoms with Crippen LogP contribution in [0, 0.1) is 6.92 Å². The SMILES string of the molecule is CCS(=O)(=O)N1CC(N=CC=C(N)c2cc3c(ccc4nnc(C)n43)n2Cc2cccc(Cl)c2)C1. The maximum absolute atomic E-state index is 11.9. The molecule has 11 heteroatoms. The number of sulfonamides is 1. The van der Waals surface area contributed by atoms with Crippen molar-refractivity contribution in [3.8, 4) is 0 Å². The van der Waals surface area contributed by atoms with Gasteiger partial charge in [-0.1, -0.05) is 23.7 Å². The molecule has 2 N–H and O–H groups in total. The van der Waals surface area contributed by atoms with Gasteiger partial charge in [0, 0.05) is 30.9 Å². The van der Waals surface area contributed by atoms with Crippen molar-refractivity contribution in [1.82, 2.24) is 23.5 Å². The molecule has 1 aromatic carbocycles. The third-order valence-electron chi connectivity index (χ3n) is 6.26. The molecule has 9 nitrogen and oxygen atoms in total. The first kappa shape index (κ1) is 23.5. The predicted octanol–water partition coefficient (Wildman–Crippen LogP) is 3.10. The van der Waals surface area contributed by atoms with Crippen LogP contribution < -0.4 is 5.73 Å². The number of nitrogens with zero attached hydrogens (tertiary/aromatic N) is 6. The van der Waals surface area contributed by atoms with E-state index in [1.54, 1.807) is 19.2 Å². The van der Waals surface area contributed by atoms with Crippen molar-refractivity contribution in [3.05, 3.63) is 70.6 Å². The van der Waals surface area contributed by atoms with Crippen LogP contribution in [0.3, 0.4) is 0 Å². The van der Waals surface area contributed by atoms with E-state index >= 15 is 0 Å². The van der Waals surface area contributed by atoms with Crippen molar-refractivity contribution < 1.29 is 8.42 Å². The van der Waals surface area contributed by atoms with Gasteiger partial charge in [0.1, 0.15) is 5.82 Å². The maximum atomic E-state index is 11.9. The molecular formula is C24H26ClN7O2S. The molecule has 0 saturated carbocycles. The molecule has 0 radical (unpaired) electrons. The Labute approximate surface area is 208 Å². The van der Waals surface area contributed by atoms with Crippen molar-refractivity contribution in [2.24, 2.45) is 10.7 Å². The number of aromatic nitrogens is 4. The highest BCUT2D eigenvalue weighted by molar-refractivity contribution is 7.89. The van der Waals surface area contributed by atoms with Crippen LogP contribution in [0.1, 0.15) is 24.0 Å². The number of pyridine rings is 1. The molecule has 0 amide bonds. The van der Waals surface area contributed by atoms with E-state index in [2.05, 4.69) is 19.8 Å². The van der Waals surface area contributed by atoms with E-state index in [4.69, 9.17) is 17.3 Å². The highest BCUT2D eigenvalue weighted by atomic mass is 35.5. The third kappa shape index (κ3) is 4.44. The van der Waals surface area contributed by atoms with E-state index in [-0.39, 0.29) is 11.8 Å². The molecule has 1 fully saturated rings. The van der Waals surface area contributed by atoms with Gasteiger partial charge in [-0.05, 0) is 55.8 Å². The summed E-state index contributed by atoms with van der Waals surface area (Å²) in [6.07, 6.45) is 3.42. The Balaban J connectivity index is 1.49. The lowest BCUT2D eigenvalue weighted by molar-refractivity contribution is 0.268. The van der Waals surface area contributed by atoms with E-state index in [0.29, 0.717) is 30.4 Å². The number of rotatable bonds is 7. The zero-order valence-electron chi connectivity index (χ0n) is 19.5. The summed E-state index contributed by atoms with van der Waals surface area (Å²) >= 11 is 6.23. The van der Waals surface area contributed by atoms with Crippen LogP contribution in [0.4, 0.5) is 0 Å². The molecule has 1 aliphatic heterocycles. The Morgan fingerprint density at radius 3 is 2.74 bits per heavy atom. The molecule has 1 aliphatic rings. The first-order valence-electron chi connectivity index (χ1n) is 11.3. The number of hydrogen-bond acceptors (Lipinski definition) is 6. The summed E-state index contributed by atoms with van der Waals surface area (Å²) in [5.74, 6) is 0.893. The highest BCUT2D eigenvalue weighted by Gasteiger charge is 2.33. The average Bonchev–Trinajstić information content (AvgIpc) is 3.35. The van der Waals surface area contributed by atoms with Crippen LogP contribution in [0.5, 0.6) is 0 Å². The Kier molecular flexibility index (Phi) is 6.12. The summed E-state index contributed by atoms with van der Waals surface area (Å²) in [6, 6.07) is 13.7. The molecule has 0 spiro atoms. The Morgan fingerprint density at radius 2 is 2.00 bits per heavy atom. The number of benzene rings is 1. The van der Waals surface area contributed by atoms with Crippen LogP contribution in [-0.2, 0) is 16.6 Å². The van der Waals surface area contributed by atoms with E-state index < -0.39 is 10.0 Å². The fourth-order valence-electron chi connectivity index (χ4n) is 4.32. The van der Waals surface area contributed by atoms with E-state index in [1.807, 2.05) is 53.8 Å². The molecule has 0 atom stereocenters. The normalized spacial score (nSPS) is 16.0. The topological polar surface area (TPSA) is 111 Å².